The molecule has 0 fully saturated rings. The van der Waals surface area contributed by atoms with Crippen molar-refractivity contribution in [3.8, 4) is 0 Å². The lowest BCUT2D eigenvalue weighted by molar-refractivity contribution is -0.137. The number of halogens is 3. The standard InChI is InChI=1S/C13H11F3N2O2/c14-13(15,16)11-3-1-2-9(6-11)4-5-18-8-10(7-17-18)12(19)20/h1-3,6-8H,4-5H2,(H,19,20). The highest BCUT2D eigenvalue weighted by molar-refractivity contribution is 5.86. The van der Waals surface area contributed by atoms with E-state index in [0.717, 1.165) is 12.1 Å². The number of carboxylic acid groups (broad SMARTS) is 1. The number of carbonyl (C=O) groups is 1. The first-order valence-electron chi connectivity index (χ1n) is 5.78. The summed E-state index contributed by atoms with van der Waals surface area (Å²) >= 11 is 0. The molecule has 1 N–H and O–H groups in total. The Morgan fingerprint density at radius 2 is 2.10 bits per heavy atom. The summed E-state index contributed by atoms with van der Waals surface area (Å²) < 4.78 is 39.0. The average Bonchev–Trinajstić information content (AvgIpc) is 2.85. The lowest BCUT2D eigenvalue weighted by atomic mass is 10.1. The number of aromatic carboxylic acids is 1. The lowest BCUT2D eigenvalue weighted by Crippen LogP contribution is -2.07. The Bertz CT molecular complexity index is 620. The second-order valence-corrected chi connectivity index (χ2v) is 4.25. The van der Waals surface area contributed by atoms with Crippen LogP contribution in [-0.4, -0.2) is 20.9 Å². The fourth-order valence-electron chi connectivity index (χ4n) is 1.74. The summed E-state index contributed by atoms with van der Waals surface area (Å²) in [5, 5.41) is 12.6. The summed E-state index contributed by atoms with van der Waals surface area (Å²) in [4.78, 5) is 10.7. The number of rotatable bonds is 4. The molecule has 0 saturated heterocycles. The van der Waals surface area contributed by atoms with Crippen LogP contribution < -0.4 is 0 Å². The zero-order valence-corrected chi connectivity index (χ0v) is 10.3. The molecule has 2 aromatic rings. The molecule has 0 amide bonds. The minimum atomic E-state index is -4.36. The SMILES string of the molecule is O=C(O)c1cnn(CCc2cccc(C(F)(F)F)c2)c1. The molecule has 0 unspecified atom stereocenters. The summed E-state index contributed by atoms with van der Waals surface area (Å²) in [5.41, 5.74) is -0.122. The first kappa shape index (κ1) is 14.1. The van der Waals surface area contributed by atoms with Crippen molar-refractivity contribution in [1.29, 1.82) is 0 Å². The van der Waals surface area contributed by atoms with E-state index >= 15 is 0 Å². The first-order chi connectivity index (χ1) is 9.36. The number of aryl methyl sites for hydroxylation is 2. The van der Waals surface area contributed by atoms with Crippen molar-refractivity contribution in [2.75, 3.05) is 0 Å². The van der Waals surface area contributed by atoms with Crippen molar-refractivity contribution in [2.24, 2.45) is 0 Å². The van der Waals surface area contributed by atoms with E-state index in [4.69, 9.17) is 5.11 Å². The van der Waals surface area contributed by atoms with Gasteiger partial charge in [0.1, 0.15) is 0 Å². The van der Waals surface area contributed by atoms with E-state index in [1.165, 1.54) is 23.1 Å². The predicted molar refractivity (Wildman–Crippen MR) is 64.3 cm³/mol. The van der Waals surface area contributed by atoms with E-state index in [1.54, 1.807) is 6.07 Å². The minimum absolute atomic E-state index is 0.0500. The van der Waals surface area contributed by atoms with Crippen LogP contribution >= 0.6 is 0 Å². The molecule has 0 radical (unpaired) electrons. The molecule has 1 heterocycles. The number of aromatic nitrogens is 2. The molecule has 0 atom stereocenters. The molecule has 0 saturated carbocycles. The fraction of sp³-hybridized carbons (Fsp3) is 0.231. The number of alkyl halides is 3. The van der Waals surface area contributed by atoms with Crippen LogP contribution in [0.3, 0.4) is 0 Å². The maximum atomic E-state index is 12.5. The van der Waals surface area contributed by atoms with Gasteiger partial charge in [-0.2, -0.15) is 18.3 Å². The fourth-order valence-corrected chi connectivity index (χ4v) is 1.74. The third-order valence-corrected chi connectivity index (χ3v) is 2.76. The average molecular weight is 284 g/mol. The normalized spacial score (nSPS) is 11.6. The Hall–Kier alpha value is -2.31. The van der Waals surface area contributed by atoms with E-state index < -0.39 is 17.7 Å². The van der Waals surface area contributed by atoms with Gasteiger partial charge in [-0.1, -0.05) is 18.2 Å². The van der Waals surface area contributed by atoms with E-state index in [9.17, 15) is 18.0 Å². The van der Waals surface area contributed by atoms with Gasteiger partial charge in [0.05, 0.1) is 17.3 Å². The highest BCUT2D eigenvalue weighted by atomic mass is 19.4. The Kier molecular flexibility index (Phi) is 3.78. The number of benzene rings is 1. The van der Waals surface area contributed by atoms with Crippen LogP contribution in [0.5, 0.6) is 0 Å². The van der Waals surface area contributed by atoms with Crippen LogP contribution in [0.2, 0.25) is 0 Å². The number of hydrogen-bond donors (Lipinski definition) is 1. The zero-order valence-electron chi connectivity index (χ0n) is 10.3. The van der Waals surface area contributed by atoms with Crippen LogP contribution in [-0.2, 0) is 19.1 Å². The Balaban J connectivity index is 2.05. The van der Waals surface area contributed by atoms with Gasteiger partial charge in [-0.3, -0.25) is 4.68 Å². The molecular formula is C13H11F3N2O2. The largest absolute Gasteiger partial charge is 0.478 e. The second-order valence-electron chi connectivity index (χ2n) is 4.25. The highest BCUT2D eigenvalue weighted by Gasteiger charge is 2.30. The molecule has 2 rings (SSSR count). The van der Waals surface area contributed by atoms with Crippen LogP contribution in [0, 0.1) is 0 Å². The summed E-state index contributed by atoms with van der Waals surface area (Å²) in [6.07, 6.45) is -1.48. The Morgan fingerprint density at radius 1 is 1.35 bits per heavy atom. The minimum Gasteiger partial charge on any atom is -0.478 e. The van der Waals surface area contributed by atoms with Gasteiger partial charge >= 0.3 is 12.1 Å². The third kappa shape index (κ3) is 3.37. The van der Waals surface area contributed by atoms with Gasteiger partial charge in [-0.25, -0.2) is 4.79 Å². The van der Waals surface area contributed by atoms with Gasteiger partial charge in [-0.05, 0) is 18.1 Å². The van der Waals surface area contributed by atoms with Crippen molar-refractivity contribution in [3.63, 3.8) is 0 Å². The molecule has 0 spiro atoms. The summed E-state index contributed by atoms with van der Waals surface area (Å²) in [6, 6.07) is 5.04. The maximum Gasteiger partial charge on any atom is 0.416 e. The first-order valence-corrected chi connectivity index (χ1v) is 5.78. The van der Waals surface area contributed by atoms with Gasteiger partial charge in [0.15, 0.2) is 0 Å². The quantitative estimate of drug-likeness (QED) is 0.939. The van der Waals surface area contributed by atoms with Gasteiger partial charge < -0.3 is 5.11 Å². The number of hydrogen-bond acceptors (Lipinski definition) is 2. The topological polar surface area (TPSA) is 55.1 Å². The smallest absolute Gasteiger partial charge is 0.416 e. The summed E-state index contributed by atoms with van der Waals surface area (Å²) in [7, 11) is 0. The van der Waals surface area contributed by atoms with Crippen molar-refractivity contribution < 1.29 is 23.1 Å². The highest BCUT2D eigenvalue weighted by Crippen LogP contribution is 2.29. The van der Waals surface area contributed by atoms with Gasteiger partial charge in [0.25, 0.3) is 0 Å². The maximum absolute atomic E-state index is 12.5. The third-order valence-electron chi connectivity index (χ3n) is 2.76. The molecular weight excluding hydrogens is 273 g/mol. The van der Waals surface area contributed by atoms with Crippen molar-refractivity contribution >= 4 is 5.97 Å². The Morgan fingerprint density at radius 3 is 2.70 bits per heavy atom. The van der Waals surface area contributed by atoms with E-state index in [-0.39, 0.29) is 5.56 Å². The van der Waals surface area contributed by atoms with Gasteiger partial charge in [0.2, 0.25) is 0 Å². The molecule has 7 heteroatoms. The van der Waals surface area contributed by atoms with E-state index in [1.807, 2.05) is 0 Å². The molecule has 1 aromatic carbocycles. The number of carboxylic acids is 1. The van der Waals surface area contributed by atoms with Crippen molar-refractivity contribution in [3.05, 3.63) is 53.3 Å². The summed E-state index contributed by atoms with van der Waals surface area (Å²) in [5.74, 6) is -1.09. The molecule has 1 aromatic heterocycles. The molecule has 0 bridgehead atoms. The van der Waals surface area contributed by atoms with Gasteiger partial charge in [0, 0.05) is 12.7 Å². The van der Waals surface area contributed by atoms with Crippen molar-refractivity contribution in [1.82, 2.24) is 9.78 Å². The second kappa shape index (κ2) is 5.36. The van der Waals surface area contributed by atoms with Crippen LogP contribution in [0.25, 0.3) is 0 Å². The predicted octanol–water partition coefficient (Wildman–Crippen LogP) is 2.84. The zero-order chi connectivity index (χ0) is 14.8. The lowest BCUT2D eigenvalue weighted by Gasteiger charge is -2.08. The monoisotopic (exact) mass is 284 g/mol. The molecule has 4 nitrogen and oxygen atoms in total. The Labute approximate surface area is 112 Å². The van der Waals surface area contributed by atoms with Crippen LogP contribution in [0.4, 0.5) is 13.2 Å². The van der Waals surface area contributed by atoms with Crippen LogP contribution in [0.15, 0.2) is 36.7 Å². The molecule has 106 valence electrons. The van der Waals surface area contributed by atoms with Crippen LogP contribution in [0.1, 0.15) is 21.5 Å². The molecule has 0 aliphatic rings. The molecule has 0 aliphatic heterocycles. The number of nitrogens with zero attached hydrogens (tertiary/aromatic N) is 2. The van der Waals surface area contributed by atoms with Crippen molar-refractivity contribution in [2.45, 2.75) is 19.1 Å². The summed E-state index contributed by atoms with van der Waals surface area (Å²) in [6.45, 7) is 0.314. The molecule has 20 heavy (non-hydrogen) atoms. The van der Waals surface area contributed by atoms with Gasteiger partial charge in [-0.15, -0.1) is 0 Å². The van der Waals surface area contributed by atoms with E-state index in [0.29, 0.717) is 18.5 Å². The van der Waals surface area contributed by atoms with E-state index in [2.05, 4.69) is 5.10 Å². The molecule has 0 aliphatic carbocycles.